The second kappa shape index (κ2) is 3.47. The van der Waals surface area contributed by atoms with Gasteiger partial charge in [-0.1, -0.05) is 23.2 Å². The molecule has 0 aliphatic carbocycles. The summed E-state index contributed by atoms with van der Waals surface area (Å²) in [6, 6.07) is 6.89. The summed E-state index contributed by atoms with van der Waals surface area (Å²) in [5.74, 6) is 0. The first-order valence-corrected chi connectivity index (χ1v) is 3.53. The van der Waals surface area contributed by atoms with Crippen LogP contribution in [0.15, 0.2) is 18.2 Å². The Morgan fingerprint density at radius 1 is 1.36 bits per heavy atom. The second-order valence-electron chi connectivity index (χ2n) is 1.83. The minimum atomic E-state index is 0.372. The summed E-state index contributed by atoms with van der Waals surface area (Å²) < 4.78 is 0. The maximum absolute atomic E-state index is 9.76. The highest BCUT2D eigenvalue weighted by Crippen LogP contribution is 2.19. The summed E-state index contributed by atoms with van der Waals surface area (Å²) in [5, 5.41) is 13.1. The van der Waals surface area contributed by atoms with Gasteiger partial charge in [-0.25, -0.2) is 0 Å². The molecule has 0 saturated carbocycles. The van der Waals surface area contributed by atoms with Crippen LogP contribution in [-0.4, -0.2) is 0 Å². The molecular weight excluding hydrogens is 185 g/mol. The molecule has 0 aromatic heterocycles. The van der Waals surface area contributed by atoms with Crippen molar-refractivity contribution >= 4 is 23.2 Å². The van der Waals surface area contributed by atoms with E-state index in [1.165, 1.54) is 6.07 Å². The topological polar surface area (TPSA) is 27.4 Å². The predicted molar refractivity (Wildman–Crippen MR) is 46.2 cm³/mol. The molecule has 0 saturated heterocycles. The van der Waals surface area contributed by atoms with Crippen molar-refractivity contribution in [1.82, 2.24) is 0 Å². The Balaban J connectivity index is 3.16. The molecule has 0 radical (unpaired) electrons. The van der Waals surface area contributed by atoms with Gasteiger partial charge in [-0.05, 0) is 18.2 Å². The van der Waals surface area contributed by atoms with Crippen LogP contribution in [0.5, 0.6) is 0 Å². The lowest BCUT2D eigenvalue weighted by Gasteiger charge is -1.90. The summed E-state index contributed by atoms with van der Waals surface area (Å²) in [6.07, 6.45) is 0. The molecule has 0 aliphatic heterocycles. The Morgan fingerprint density at radius 2 is 2.09 bits per heavy atom. The fourth-order valence-corrected chi connectivity index (χ4v) is 1.08. The third-order valence-corrected chi connectivity index (χ3v) is 1.65. The summed E-state index contributed by atoms with van der Waals surface area (Å²) in [4.78, 5) is 0. The summed E-state index contributed by atoms with van der Waals surface area (Å²) in [6.45, 7) is 0. The van der Waals surface area contributed by atoms with E-state index in [1.807, 2.05) is 0 Å². The van der Waals surface area contributed by atoms with Crippen molar-refractivity contribution in [2.45, 2.75) is 0 Å². The molecule has 0 fully saturated rings. The van der Waals surface area contributed by atoms with Crippen molar-refractivity contribution in [2.75, 3.05) is 0 Å². The van der Waals surface area contributed by atoms with Crippen LogP contribution in [0.1, 0.15) is 5.56 Å². The first-order valence-electron chi connectivity index (χ1n) is 2.77. The van der Waals surface area contributed by atoms with Gasteiger partial charge in [0.2, 0.25) is 0 Å². The number of nitrogens with zero attached hydrogens (tertiary/aromatic N) is 1. The standard InChI is InChI=1S/C7H3Cl2NO/c8-6-2-1-5(4-10-11)7(9)3-6/h1-3H. The molecule has 0 heterocycles. The summed E-state index contributed by atoms with van der Waals surface area (Å²) >= 11 is 11.3. The molecule has 1 rings (SSSR count). The fourth-order valence-electron chi connectivity index (χ4n) is 0.629. The van der Waals surface area contributed by atoms with E-state index in [-0.39, 0.29) is 0 Å². The smallest absolute Gasteiger partial charge is 0.338 e. The monoisotopic (exact) mass is 187 g/mol. The highest BCUT2D eigenvalue weighted by molar-refractivity contribution is 6.35. The van der Waals surface area contributed by atoms with Crippen molar-refractivity contribution < 1.29 is 0 Å². The molecule has 0 N–H and O–H groups in total. The highest BCUT2D eigenvalue weighted by Gasteiger charge is 2.01. The largest absolute Gasteiger partial charge is 0.498 e. The lowest BCUT2D eigenvalue weighted by Crippen LogP contribution is -1.74. The molecule has 2 nitrogen and oxygen atoms in total. The van der Waals surface area contributed by atoms with Crippen LogP contribution in [0, 0.1) is 11.3 Å². The van der Waals surface area contributed by atoms with Crippen LogP contribution >= 0.6 is 23.2 Å². The minimum Gasteiger partial charge on any atom is -0.498 e. The van der Waals surface area contributed by atoms with E-state index in [0.717, 1.165) is 0 Å². The predicted octanol–water partition coefficient (Wildman–Crippen LogP) is 3.17. The molecule has 0 bridgehead atoms. The van der Waals surface area contributed by atoms with Crippen LogP contribution in [0.4, 0.5) is 0 Å². The van der Waals surface area contributed by atoms with E-state index in [1.54, 1.807) is 12.1 Å². The Kier molecular flexibility index (Phi) is 2.58. The normalized spacial score (nSPS) is 8.55. The van der Waals surface area contributed by atoms with Gasteiger partial charge in [0.15, 0.2) is 0 Å². The van der Waals surface area contributed by atoms with Crippen molar-refractivity contribution in [3.8, 4) is 6.07 Å². The first-order chi connectivity index (χ1) is 5.24. The number of benzene rings is 1. The van der Waals surface area contributed by atoms with Gasteiger partial charge in [0, 0.05) is 10.0 Å². The quantitative estimate of drug-likeness (QED) is 0.574. The SMILES string of the molecule is [O-][N+]#Cc1ccc(Cl)cc1Cl. The fraction of sp³-hybridized carbons (Fsp3) is 0. The Morgan fingerprint density at radius 3 is 2.64 bits per heavy atom. The maximum Gasteiger partial charge on any atom is 0.338 e. The van der Waals surface area contributed by atoms with Crippen molar-refractivity contribution in [1.29, 1.82) is 0 Å². The van der Waals surface area contributed by atoms with Crippen molar-refractivity contribution in [2.24, 2.45) is 0 Å². The van der Waals surface area contributed by atoms with Gasteiger partial charge in [-0.2, -0.15) is 0 Å². The lowest BCUT2D eigenvalue weighted by atomic mass is 10.2. The van der Waals surface area contributed by atoms with E-state index < -0.39 is 0 Å². The second-order valence-corrected chi connectivity index (χ2v) is 2.67. The van der Waals surface area contributed by atoms with Gasteiger partial charge in [0.05, 0.1) is 5.02 Å². The molecule has 1 aromatic carbocycles. The van der Waals surface area contributed by atoms with Crippen LogP contribution in [0.3, 0.4) is 0 Å². The van der Waals surface area contributed by atoms with Gasteiger partial charge in [-0.15, -0.1) is 0 Å². The molecule has 0 unspecified atom stereocenters. The van der Waals surface area contributed by atoms with Gasteiger partial charge in [0.25, 0.3) is 0 Å². The maximum atomic E-state index is 9.76. The third-order valence-electron chi connectivity index (χ3n) is 1.10. The average Bonchev–Trinajstić information content (AvgIpc) is 1.95. The Bertz CT molecular complexity index is 327. The van der Waals surface area contributed by atoms with Crippen molar-refractivity contribution in [3.05, 3.63) is 44.0 Å². The lowest BCUT2D eigenvalue weighted by molar-refractivity contribution is 1.64. The van der Waals surface area contributed by atoms with Gasteiger partial charge in [0.1, 0.15) is 5.56 Å². The van der Waals surface area contributed by atoms with Crippen LogP contribution < -0.4 is 0 Å². The first kappa shape index (κ1) is 8.19. The van der Waals surface area contributed by atoms with Gasteiger partial charge >= 0.3 is 6.07 Å². The van der Waals surface area contributed by atoms with E-state index in [2.05, 4.69) is 11.1 Å². The van der Waals surface area contributed by atoms with E-state index >= 15 is 0 Å². The zero-order chi connectivity index (χ0) is 8.27. The molecule has 11 heavy (non-hydrogen) atoms. The van der Waals surface area contributed by atoms with Crippen LogP contribution in [0.25, 0.3) is 5.01 Å². The number of halogens is 2. The highest BCUT2D eigenvalue weighted by atomic mass is 35.5. The zero-order valence-electron chi connectivity index (χ0n) is 5.34. The summed E-state index contributed by atoms with van der Waals surface area (Å²) in [5.41, 5.74) is 0.450. The molecular formula is C7H3Cl2NO. The van der Waals surface area contributed by atoms with Gasteiger partial charge < -0.3 is 5.21 Å². The molecule has 0 aliphatic rings. The molecule has 1 aromatic rings. The van der Waals surface area contributed by atoms with E-state index in [4.69, 9.17) is 23.2 Å². The summed E-state index contributed by atoms with van der Waals surface area (Å²) in [7, 11) is 0. The van der Waals surface area contributed by atoms with E-state index in [0.29, 0.717) is 15.6 Å². The third kappa shape index (κ3) is 2.01. The molecule has 56 valence electrons. The molecule has 0 spiro atoms. The van der Waals surface area contributed by atoms with Crippen molar-refractivity contribution in [3.63, 3.8) is 0 Å². The van der Waals surface area contributed by atoms with Crippen LogP contribution in [0.2, 0.25) is 10.0 Å². The Hall–Kier alpha value is -0.910. The molecule has 0 amide bonds. The number of hydrogen-bond acceptors (Lipinski definition) is 1. The molecule has 0 atom stereocenters. The molecule has 4 heteroatoms. The average molecular weight is 188 g/mol. The Labute approximate surface area is 73.8 Å². The zero-order valence-corrected chi connectivity index (χ0v) is 6.86. The number of hydrogen-bond donors (Lipinski definition) is 0. The number of rotatable bonds is 0. The van der Waals surface area contributed by atoms with E-state index in [9.17, 15) is 5.21 Å². The van der Waals surface area contributed by atoms with Gasteiger partial charge in [-0.3, -0.25) is 0 Å². The van der Waals surface area contributed by atoms with Crippen LogP contribution in [-0.2, 0) is 0 Å². The minimum absolute atomic E-state index is 0.372.